The maximum Gasteiger partial charge on any atom is 0.408 e. The quantitative estimate of drug-likeness (QED) is 0.159. The minimum Gasteiger partial charge on any atom is -0.440 e. The monoisotopic (exact) mass is 702 g/mol. The summed E-state index contributed by atoms with van der Waals surface area (Å²) in [4.78, 5) is 65.6. The predicted octanol–water partition coefficient (Wildman–Crippen LogP) is 6.03. The fourth-order valence-electron chi connectivity index (χ4n) is 7.45. The Bertz CT molecular complexity index is 1760. The number of Topliss-reactive ketones (excluding diaryl/α,β-unsaturated/α-hetero) is 1. The third kappa shape index (κ3) is 8.64. The van der Waals surface area contributed by atoms with Crippen molar-refractivity contribution in [1.82, 2.24) is 16.0 Å². The fourth-order valence-corrected chi connectivity index (χ4v) is 7.64. The van der Waals surface area contributed by atoms with Crippen molar-refractivity contribution in [1.29, 1.82) is 0 Å². The van der Waals surface area contributed by atoms with E-state index in [1.54, 1.807) is 13.0 Å². The molecule has 2 fully saturated rings. The summed E-state index contributed by atoms with van der Waals surface area (Å²) in [5.41, 5.74) is 4.67. The largest absolute Gasteiger partial charge is 0.440 e. The van der Waals surface area contributed by atoms with E-state index in [4.69, 9.17) is 22.1 Å². The zero-order chi connectivity index (χ0) is 36.1. The smallest absolute Gasteiger partial charge is 0.408 e. The van der Waals surface area contributed by atoms with E-state index in [0.29, 0.717) is 18.0 Å². The van der Waals surface area contributed by atoms with Crippen molar-refractivity contribution in [2.75, 3.05) is 6.54 Å². The number of fused-ring (bicyclic) bond motifs is 1. The summed E-state index contributed by atoms with van der Waals surface area (Å²) in [6.45, 7) is 5.99. The molecule has 1 unspecified atom stereocenters. The number of benzene rings is 3. The molecule has 1 aliphatic heterocycles. The Kier molecular flexibility index (Phi) is 11.5. The van der Waals surface area contributed by atoms with Crippen molar-refractivity contribution in [2.24, 2.45) is 17.6 Å². The standard InChI is InChI=1S/C39H47ClN4O6/c1-38(2,29-14-9-15-30(40)22-29)33(27-17-16-25-12-7-8-13-26(25)20-27)50-37(49)44-39(3,23-24-10-5-4-6-11-24)36(48)43-31(32(45)34(41)46)21-28-18-19-42-35(28)47/h7-9,12-17,20,22,24,28,31,33H,4-6,10-11,18-19,21,23H2,1-3H3,(H2,41,46)(H,42,47)(H,43,48)(H,44,49)/t28-,31-,33?,39+/m0/s1. The minimum atomic E-state index is -1.53. The van der Waals surface area contributed by atoms with Crippen LogP contribution in [0.2, 0.25) is 5.02 Å². The highest BCUT2D eigenvalue weighted by atomic mass is 35.5. The topological polar surface area (TPSA) is 157 Å². The van der Waals surface area contributed by atoms with Crippen LogP contribution < -0.4 is 21.7 Å². The van der Waals surface area contributed by atoms with Gasteiger partial charge < -0.3 is 26.4 Å². The van der Waals surface area contributed by atoms with Crippen LogP contribution in [0, 0.1) is 11.8 Å². The highest BCUT2D eigenvalue weighted by Gasteiger charge is 2.43. The van der Waals surface area contributed by atoms with Gasteiger partial charge in [-0.25, -0.2) is 4.79 Å². The molecule has 266 valence electrons. The van der Waals surface area contributed by atoms with E-state index in [-0.39, 0.29) is 24.7 Å². The highest BCUT2D eigenvalue weighted by Crippen LogP contribution is 2.41. The summed E-state index contributed by atoms with van der Waals surface area (Å²) in [6, 6.07) is 19.9. The number of carbonyl (C=O) groups is 5. The average molecular weight is 703 g/mol. The van der Waals surface area contributed by atoms with Crippen molar-refractivity contribution >= 4 is 52.0 Å². The van der Waals surface area contributed by atoms with Gasteiger partial charge in [-0.05, 0) is 72.2 Å². The van der Waals surface area contributed by atoms with Gasteiger partial charge in [0.2, 0.25) is 17.6 Å². The molecule has 4 amide bonds. The van der Waals surface area contributed by atoms with Gasteiger partial charge in [0.05, 0.1) is 6.04 Å². The molecule has 50 heavy (non-hydrogen) atoms. The molecule has 1 saturated heterocycles. The van der Waals surface area contributed by atoms with Crippen LogP contribution in [0.15, 0.2) is 66.7 Å². The first-order valence-corrected chi connectivity index (χ1v) is 17.8. The second-order valence-electron chi connectivity index (χ2n) is 14.6. The number of nitrogens with one attached hydrogen (secondary N) is 3. The van der Waals surface area contributed by atoms with E-state index in [2.05, 4.69) is 16.0 Å². The van der Waals surface area contributed by atoms with Gasteiger partial charge in [0.25, 0.3) is 5.91 Å². The van der Waals surface area contributed by atoms with Gasteiger partial charge >= 0.3 is 6.09 Å². The Morgan fingerprint density at radius 2 is 1.66 bits per heavy atom. The summed E-state index contributed by atoms with van der Waals surface area (Å²) in [6.07, 6.45) is 3.90. The van der Waals surface area contributed by atoms with E-state index < -0.39 is 52.7 Å². The average Bonchev–Trinajstić information content (AvgIpc) is 3.50. The van der Waals surface area contributed by atoms with E-state index in [9.17, 15) is 24.0 Å². The van der Waals surface area contributed by atoms with Gasteiger partial charge in [-0.15, -0.1) is 0 Å². The van der Waals surface area contributed by atoms with Gasteiger partial charge in [0.1, 0.15) is 11.6 Å². The number of ether oxygens (including phenoxy) is 1. The first-order chi connectivity index (χ1) is 23.8. The minimum absolute atomic E-state index is 0.0822. The molecule has 3 aromatic carbocycles. The van der Waals surface area contributed by atoms with E-state index in [1.165, 1.54) is 0 Å². The first kappa shape index (κ1) is 36.8. The molecular formula is C39H47ClN4O6. The van der Waals surface area contributed by atoms with Crippen LogP contribution in [0.1, 0.15) is 89.4 Å². The van der Waals surface area contributed by atoms with E-state index in [0.717, 1.165) is 54.0 Å². The Morgan fingerprint density at radius 1 is 0.940 bits per heavy atom. The van der Waals surface area contributed by atoms with Gasteiger partial charge in [-0.2, -0.15) is 0 Å². The molecule has 1 saturated carbocycles. The van der Waals surface area contributed by atoms with Crippen LogP contribution in [0.5, 0.6) is 0 Å². The molecule has 5 rings (SSSR count). The number of amides is 4. The van der Waals surface area contributed by atoms with Crippen LogP contribution in [0.3, 0.4) is 0 Å². The van der Waals surface area contributed by atoms with Crippen molar-refractivity contribution in [3.63, 3.8) is 0 Å². The molecular weight excluding hydrogens is 656 g/mol. The van der Waals surface area contributed by atoms with Crippen LogP contribution in [0.25, 0.3) is 10.8 Å². The molecule has 4 atom stereocenters. The number of rotatable bonds is 13. The van der Waals surface area contributed by atoms with Crippen LogP contribution in [0.4, 0.5) is 4.79 Å². The number of hydrogen-bond acceptors (Lipinski definition) is 6. The SMILES string of the molecule is CC(C)(c1cccc(Cl)c1)C(OC(=O)N[C@](C)(CC1CCCCC1)C(=O)N[C@@H](C[C@@H]1CCNC1=O)C(=O)C(N)=O)c1ccc2ccccc2c1. The van der Waals surface area contributed by atoms with Crippen LogP contribution in [-0.2, 0) is 29.3 Å². The molecule has 1 heterocycles. The highest BCUT2D eigenvalue weighted by molar-refractivity contribution is 6.38. The normalized spacial score (nSPS) is 19.1. The van der Waals surface area contributed by atoms with Crippen LogP contribution in [-0.4, -0.2) is 47.7 Å². The molecule has 0 radical (unpaired) electrons. The summed E-state index contributed by atoms with van der Waals surface area (Å²) in [7, 11) is 0. The van der Waals surface area contributed by atoms with E-state index in [1.807, 2.05) is 74.5 Å². The number of carbonyl (C=O) groups excluding carboxylic acids is 5. The number of ketones is 1. The Balaban J connectivity index is 1.46. The number of alkyl carbamates (subject to hydrolysis) is 1. The summed E-state index contributed by atoms with van der Waals surface area (Å²) in [5, 5.41) is 10.8. The zero-order valence-corrected chi connectivity index (χ0v) is 29.7. The molecule has 3 aromatic rings. The number of halogens is 1. The molecule has 0 spiro atoms. The maximum atomic E-state index is 14.2. The maximum absolute atomic E-state index is 14.2. The predicted molar refractivity (Wildman–Crippen MR) is 192 cm³/mol. The van der Waals surface area contributed by atoms with Crippen molar-refractivity contribution in [2.45, 2.75) is 95.2 Å². The van der Waals surface area contributed by atoms with Gasteiger partial charge in [-0.3, -0.25) is 19.2 Å². The molecule has 2 aliphatic rings. The van der Waals surface area contributed by atoms with Gasteiger partial charge in [-0.1, -0.05) is 106 Å². The summed E-state index contributed by atoms with van der Waals surface area (Å²) in [5.74, 6) is -3.56. The van der Waals surface area contributed by atoms with Crippen molar-refractivity contribution in [3.8, 4) is 0 Å². The molecule has 5 N–H and O–H groups in total. The zero-order valence-electron chi connectivity index (χ0n) is 28.9. The first-order valence-electron chi connectivity index (χ1n) is 17.4. The molecule has 1 aliphatic carbocycles. The third-order valence-corrected chi connectivity index (χ3v) is 10.6. The molecule has 10 nitrogen and oxygen atoms in total. The molecule has 0 aromatic heterocycles. The number of hydrogen-bond donors (Lipinski definition) is 4. The lowest BCUT2D eigenvalue weighted by molar-refractivity contribution is -0.140. The van der Waals surface area contributed by atoms with Crippen LogP contribution >= 0.6 is 11.6 Å². The van der Waals surface area contributed by atoms with E-state index >= 15 is 0 Å². The third-order valence-electron chi connectivity index (χ3n) is 10.4. The summed E-state index contributed by atoms with van der Waals surface area (Å²) < 4.78 is 6.32. The lowest BCUT2D eigenvalue weighted by Gasteiger charge is -2.38. The Hall–Kier alpha value is -4.44. The lowest BCUT2D eigenvalue weighted by atomic mass is 9.76. The fraction of sp³-hybridized carbons (Fsp3) is 0.462. The summed E-state index contributed by atoms with van der Waals surface area (Å²) >= 11 is 6.41. The Morgan fingerprint density at radius 3 is 2.32 bits per heavy atom. The molecule has 11 heteroatoms. The second kappa shape index (κ2) is 15.6. The number of primary amides is 1. The van der Waals surface area contributed by atoms with Crippen molar-refractivity contribution < 1.29 is 28.7 Å². The van der Waals surface area contributed by atoms with Crippen molar-refractivity contribution in [3.05, 3.63) is 82.9 Å². The van der Waals surface area contributed by atoms with Gasteiger partial charge in [0, 0.05) is 22.9 Å². The van der Waals surface area contributed by atoms with Gasteiger partial charge in [0.15, 0.2) is 0 Å². The number of nitrogens with two attached hydrogens (primary N) is 1. The lowest BCUT2D eigenvalue weighted by Crippen LogP contribution is -2.61. The second-order valence-corrected chi connectivity index (χ2v) is 15.0. The molecule has 0 bridgehead atoms. The Labute approximate surface area is 298 Å².